The topological polar surface area (TPSA) is 55.1 Å². The van der Waals surface area contributed by atoms with Gasteiger partial charge in [-0.3, -0.25) is 9.48 Å². The molecule has 0 unspecified atom stereocenters. The maximum Gasteiger partial charge on any atom is 0.165 e. The van der Waals surface area contributed by atoms with Gasteiger partial charge in [0.15, 0.2) is 5.78 Å². The molecule has 0 spiro atoms. The summed E-state index contributed by atoms with van der Waals surface area (Å²) < 4.78 is 1.93. The molecule has 4 nitrogen and oxygen atoms in total. The first-order chi connectivity index (χ1) is 13.8. The number of allylic oxidation sites excluding steroid dienone is 1. The third-order valence-electron chi connectivity index (χ3n) is 9.60. The molecule has 7 atom stereocenters. The molecule has 4 fully saturated rings. The fourth-order valence-electron chi connectivity index (χ4n) is 7.86. The number of aliphatic hydroxyl groups is 1. The Morgan fingerprint density at radius 2 is 2.03 bits per heavy atom. The van der Waals surface area contributed by atoms with Gasteiger partial charge in [-0.2, -0.15) is 5.10 Å². The van der Waals surface area contributed by atoms with Crippen molar-refractivity contribution in [3.05, 3.63) is 23.5 Å². The van der Waals surface area contributed by atoms with E-state index in [1.165, 1.54) is 19.3 Å². The number of rotatable bonds is 2. The molecule has 0 amide bonds. The number of Topliss-reactive ketones (excluding diaryl/α,β-unsaturated/α-hetero) is 1. The Bertz CT molecular complexity index is 842. The average molecular weight is 397 g/mol. The van der Waals surface area contributed by atoms with Gasteiger partial charge in [-0.25, -0.2) is 0 Å². The van der Waals surface area contributed by atoms with Gasteiger partial charge in [-0.15, -0.1) is 0 Å². The highest BCUT2D eigenvalue weighted by Gasteiger charge is 2.61. The first-order valence-corrected chi connectivity index (χ1v) is 11.8. The number of ketones is 1. The number of fused-ring (bicyclic) bond motifs is 5. The van der Waals surface area contributed by atoms with Gasteiger partial charge in [-0.1, -0.05) is 13.8 Å². The van der Waals surface area contributed by atoms with Crippen LogP contribution in [0.2, 0.25) is 0 Å². The molecule has 4 heteroatoms. The second-order valence-electron chi connectivity index (χ2n) is 10.9. The standard InChI is InChI=1S/C25H36N2O2/c1-4-27-15-16(14-26-27)11-17-12-22-20-6-5-18-13-19(28)7-9-24(18,2)21(20)8-10-25(22,3)23(17)29/h11,14-15,18-22,28H,4-10,12-13H2,1-3H3/b17-11-/t18-,19+,20-,21+,22+,24+,25+/m1/s1. The molecular formula is C25H36N2O2. The Morgan fingerprint density at radius 3 is 2.79 bits per heavy atom. The molecule has 4 aliphatic carbocycles. The highest BCUT2D eigenvalue weighted by Crippen LogP contribution is 2.66. The van der Waals surface area contributed by atoms with Crippen LogP contribution in [0.3, 0.4) is 0 Å². The third-order valence-corrected chi connectivity index (χ3v) is 9.60. The molecule has 5 rings (SSSR count). The first kappa shape index (κ1) is 19.5. The van der Waals surface area contributed by atoms with Crippen LogP contribution in [0.25, 0.3) is 6.08 Å². The van der Waals surface area contributed by atoms with Gasteiger partial charge in [0.1, 0.15) is 0 Å². The lowest BCUT2D eigenvalue weighted by atomic mass is 9.45. The highest BCUT2D eigenvalue weighted by atomic mass is 16.3. The van der Waals surface area contributed by atoms with E-state index < -0.39 is 0 Å². The van der Waals surface area contributed by atoms with E-state index in [4.69, 9.17) is 0 Å². The lowest BCUT2D eigenvalue weighted by Crippen LogP contribution is -2.54. The largest absolute Gasteiger partial charge is 0.393 e. The van der Waals surface area contributed by atoms with Crippen LogP contribution < -0.4 is 0 Å². The summed E-state index contributed by atoms with van der Waals surface area (Å²) in [6, 6.07) is 0. The van der Waals surface area contributed by atoms with Crippen LogP contribution in [0.15, 0.2) is 18.0 Å². The van der Waals surface area contributed by atoms with Crippen LogP contribution in [0.1, 0.15) is 77.7 Å². The third kappa shape index (κ3) is 2.89. The maximum absolute atomic E-state index is 13.5. The zero-order valence-corrected chi connectivity index (χ0v) is 18.2. The van der Waals surface area contributed by atoms with Crippen molar-refractivity contribution in [1.29, 1.82) is 0 Å². The summed E-state index contributed by atoms with van der Waals surface area (Å²) in [5.41, 5.74) is 2.28. The monoisotopic (exact) mass is 396 g/mol. The Morgan fingerprint density at radius 1 is 1.21 bits per heavy atom. The van der Waals surface area contributed by atoms with Crippen LogP contribution in [-0.2, 0) is 11.3 Å². The molecule has 0 bridgehead atoms. The van der Waals surface area contributed by atoms with Crippen LogP contribution in [-0.4, -0.2) is 26.8 Å². The van der Waals surface area contributed by atoms with Crippen molar-refractivity contribution in [2.75, 3.05) is 0 Å². The zero-order chi connectivity index (χ0) is 20.4. The lowest BCUT2D eigenvalue weighted by Gasteiger charge is -2.59. The number of hydrogen-bond acceptors (Lipinski definition) is 3. The van der Waals surface area contributed by atoms with Gasteiger partial charge >= 0.3 is 0 Å². The lowest BCUT2D eigenvalue weighted by molar-refractivity contribution is -0.141. The van der Waals surface area contributed by atoms with E-state index in [9.17, 15) is 9.90 Å². The van der Waals surface area contributed by atoms with E-state index in [1.807, 2.05) is 17.1 Å². The molecule has 1 heterocycles. The van der Waals surface area contributed by atoms with Crippen molar-refractivity contribution < 1.29 is 9.90 Å². The van der Waals surface area contributed by atoms with Crippen LogP contribution in [0.5, 0.6) is 0 Å². The minimum Gasteiger partial charge on any atom is -0.393 e. The van der Waals surface area contributed by atoms with E-state index >= 15 is 0 Å². The second kappa shape index (κ2) is 6.80. The summed E-state index contributed by atoms with van der Waals surface area (Å²) in [7, 11) is 0. The zero-order valence-electron chi connectivity index (χ0n) is 18.2. The molecule has 0 saturated heterocycles. The Balaban J connectivity index is 1.43. The minimum atomic E-state index is -0.175. The van der Waals surface area contributed by atoms with Crippen molar-refractivity contribution in [3.8, 4) is 0 Å². The molecular weight excluding hydrogens is 360 g/mol. The predicted octanol–water partition coefficient (Wildman–Crippen LogP) is 4.87. The van der Waals surface area contributed by atoms with E-state index in [0.29, 0.717) is 29.0 Å². The highest BCUT2D eigenvalue weighted by molar-refractivity contribution is 6.05. The molecule has 4 aliphatic rings. The van der Waals surface area contributed by atoms with E-state index in [2.05, 4.69) is 31.9 Å². The number of nitrogens with zero attached hydrogens (tertiary/aromatic N) is 2. The number of aromatic nitrogens is 2. The normalized spacial score (nSPS) is 45.7. The van der Waals surface area contributed by atoms with E-state index in [0.717, 1.165) is 55.7 Å². The quantitative estimate of drug-likeness (QED) is 0.726. The SMILES string of the molecule is CCn1cc(/C=C2/C[C@H]3[C@@H]4CC[C@@H]5C[C@@H](O)CC[C@]5(C)[C@H]4CC[C@]3(C)C2=O)cn1. The fraction of sp³-hybridized carbons (Fsp3) is 0.760. The van der Waals surface area contributed by atoms with Crippen molar-refractivity contribution in [2.45, 2.75) is 84.8 Å². The van der Waals surface area contributed by atoms with Crippen molar-refractivity contribution in [2.24, 2.45) is 34.5 Å². The maximum atomic E-state index is 13.5. The summed E-state index contributed by atoms with van der Waals surface area (Å²) in [6.07, 6.45) is 14.7. The summed E-state index contributed by atoms with van der Waals surface area (Å²) in [4.78, 5) is 13.5. The molecule has 1 aromatic heterocycles. The van der Waals surface area contributed by atoms with Gasteiger partial charge in [0.2, 0.25) is 0 Å². The summed E-state index contributed by atoms with van der Waals surface area (Å²) in [6.45, 7) is 7.71. The smallest absolute Gasteiger partial charge is 0.165 e. The Hall–Kier alpha value is -1.42. The van der Waals surface area contributed by atoms with Crippen LogP contribution in [0, 0.1) is 34.5 Å². The van der Waals surface area contributed by atoms with E-state index in [-0.39, 0.29) is 11.5 Å². The average Bonchev–Trinajstić information content (AvgIpc) is 3.26. The van der Waals surface area contributed by atoms with Crippen molar-refractivity contribution in [3.63, 3.8) is 0 Å². The van der Waals surface area contributed by atoms with Gasteiger partial charge < -0.3 is 5.11 Å². The van der Waals surface area contributed by atoms with Gasteiger partial charge in [-0.05, 0) is 99.0 Å². The predicted molar refractivity (Wildman–Crippen MR) is 114 cm³/mol. The van der Waals surface area contributed by atoms with Crippen LogP contribution in [0.4, 0.5) is 0 Å². The van der Waals surface area contributed by atoms with Gasteiger partial charge in [0.25, 0.3) is 0 Å². The van der Waals surface area contributed by atoms with Gasteiger partial charge in [0.05, 0.1) is 12.3 Å². The second-order valence-corrected chi connectivity index (χ2v) is 10.9. The Kier molecular flexibility index (Phi) is 4.58. The molecule has 158 valence electrons. The van der Waals surface area contributed by atoms with Crippen LogP contribution >= 0.6 is 0 Å². The molecule has 29 heavy (non-hydrogen) atoms. The minimum absolute atomic E-state index is 0.0925. The molecule has 0 radical (unpaired) electrons. The molecule has 1 N–H and O–H groups in total. The number of hydrogen-bond donors (Lipinski definition) is 1. The molecule has 0 aromatic carbocycles. The summed E-state index contributed by atoms with van der Waals surface area (Å²) in [5, 5.41) is 14.6. The number of aryl methyl sites for hydroxylation is 1. The van der Waals surface area contributed by atoms with Crippen molar-refractivity contribution >= 4 is 11.9 Å². The molecule has 0 aliphatic heterocycles. The number of aliphatic hydroxyl groups excluding tert-OH is 1. The number of carbonyl (C=O) groups excluding carboxylic acids is 1. The molecule has 1 aromatic rings. The Labute approximate surface area is 174 Å². The van der Waals surface area contributed by atoms with Gasteiger partial charge in [0, 0.05) is 23.7 Å². The first-order valence-electron chi connectivity index (χ1n) is 11.8. The number of carbonyl (C=O) groups is 1. The van der Waals surface area contributed by atoms with E-state index in [1.54, 1.807) is 0 Å². The fourth-order valence-corrected chi connectivity index (χ4v) is 7.86. The summed E-state index contributed by atoms with van der Waals surface area (Å²) in [5.74, 6) is 2.95. The van der Waals surface area contributed by atoms with Crippen molar-refractivity contribution in [1.82, 2.24) is 9.78 Å². The summed E-state index contributed by atoms with van der Waals surface area (Å²) >= 11 is 0. The molecule has 4 saturated carbocycles.